The first kappa shape index (κ1) is 17.0. The number of carbonyl (C=O) groups excluding carboxylic acids is 2. The van der Waals surface area contributed by atoms with Gasteiger partial charge in [-0.15, -0.1) is 0 Å². The van der Waals surface area contributed by atoms with Crippen molar-refractivity contribution in [1.29, 1.82) is 0 Å². The smallest absolute Gasteiger partial charge is 0.325 e. The van der Waals surface area contributed by atoms with Crippen LogP contribution in [0.1, 0.15) is 52.9 Å². The molecule has 0 aliphatic heterocycles. The summed E-state index contributed by atoms with van der Waals surface area (Å²) in [5.41, 5.74) is 6.14. The van der Waals surface area contributed by atoms with Gasteiger partial charge in [-0.05, 0) is 33.6 Å². The maximum absolute atomic E-state index is 12.7. The van der Waals surface area contributed by atoms with Gasteiger partial charge < -0.3 is 15.4 Å². The average Bonchev–Trinajstić information content (AvgIpc) is 2.60. The molecule has 0 radical (unpaired) electrons. The molecule has 0 bridgehead atoms. The molecule has 1 fully saturated rings. The number of amides is 1. The molecule has 0 saturated heterocycles. The highest BCUT2D eigenvalue weighted by atomic mass is 16.5. The summed E-state index contributed by atoms with van der Waals surface area (Å²) in [6, 6.07) is -0.115. The lowest BCUT2D eigenvalue weighted by Crippen LogP contribution is -2.48. The number of rotatable bonds is 5. The Hall–Kier alpha value is -1.10. The van der Waals surface area contributed by atoms with E-state index in [4.69, 9.17) is 10.5 Å². The Morgan fingerprint density at radius 3 is 2.50 bits per heavy atom. The van der Waals surface area contributed by atoms with Gasteiger partial charge in [0.1, 0.15) is 6.54 Å². The van der Waals surface area contributed by atoms with Gasteiger partial charge in [0.05, 0.1) is 12.5 Å². The lowest BCUT2D eigenvalue weighted by molar-refractivity contribution is -0.152. The van der Waals surface area contributed by atoms with Crippen LogP contribution in [-0.4, -0.2) is 42.0 Å². The maximum atomic E-state index is 12.7. The minimum absolute atomic E-state index is 0.00227. The van der Waals surface area contributed by atoms with Crippen molar-refractivity contribution in [3.8, 4) is 0 Å². The molecule has 2 atom stereocenters. The summed E-state index contributed by atoms with van der Waals surface area (Å²) in [4.78, 5) is 25.9. The summed E-state index contributed by atoms with van der Waals surface area (Å²) in [5, 5.41) is 0. The van der Waals surface area contributed by atoms with Crippen molar-refractivity contribution >= 4 is 11.9 Å². The van der Waals surface area contributed by atoms with Crippen LogP contribution in [0.4, 0.5) is 0 Å². The van der Waals surface area contributed by atoms with Gasteiger partial charge in [0.15, 0.2) is 0 Å². The topological polar surface area (TPSA) is 72.6 Å². The van der Waals surface area contributed by atoms with Crippen LogP contribution in [0.3, 0.4) is 0 Å². The number of carbonyl (C=O) groups is 2. The van der Waals surface area contributed by atoms with Crippen molar-refractivity contribution in [2.45, 2.75) is 65.0 Å². The van der Waals surface area contributed by atoms with Crippen molar-refractivity contribution in [3.05, 3.63) is 0 Å². The van der Waals surface area contributed by atoms with E-state index >= 15 is 0 Å². The summed E-state index contributed by atoms with van der Waals surface area (Å²) >= 11 is 0. The highest BCUT2D eigenvalue weighted by molar-refractivity contribution is 5.84. The molecule has 1 saturated carbocycles. The zero-order chi connectivity index (χ0) is 15.1. The molecule has 2 N–H and O–H groups in total. The van der Waals surface area contributed by atoms with E-state index in [0.29, 0.717) is 6.61 Å². The monoisotopic (exact) mass is 284 g/mol. The minimum atomic E-state index is -0.350. The van der Waals surface area contributed by atoms with E-state index in [-0.39, 0.29) is 36.4 Å². The number of esters is 1. The van der Waals surface area contributed by atoms with Gasteiger partial charge >= 0.3 is 5.97 Å². The van der Waals surface area contributed by atoms with Crippen LogP contribution in [0.15, 0.2) is 0 Å². The van der Waals surface area contributed by atoms with Crippen molar-refractivity contribution in [2.75, 3.05) is 13.2 Å². The molecule has 116 valence electrons. The second-order valence-corrected chi connectivity index (χ2v) is 5.77. The zero-order valence-corrected chi connectivity index (χ0v) is 12.9. The molecule has 0 heterocycles. The van der Waals surface area contributed by atoms with E-state index in [9.17, 15) is 9.59 Å². The molecule has 1 amide bonds. The third-order valence-corrected chi connectivity index (χ3v) is 3.90. The van der Waals surface area contributed by atoms with Crippen molar-refractivity contribution in [1.82, 2.24) is 4.90 Å². The van der Waals surface area contributed by atoms with Gasteiger partial charge in [-0.3, -0.25) is 9.59 Å². The van der Waals surface area contributed by atoms with Crippen LogP contribution in [-0.2, 0) is 14.3 Å². The van der Waals surface area contributed by atoms with Crippen LogP contribution in [0.5, 0.6) is 0 Å². The van der Waals surface area contributed by atoms with Crippen molar-refractivity contribution < 1.29 is 14.3 Å². The fourth-order valence-corrected chi connectivity index (χ4v) is 2.72. The van der Waals surface area contributed by atoms with Crippen LogP contribution >= 0.6 is 0 Å². The molecule has 0 spiro atoms. The Kier molecular flexibility index (Phi) is 6.99. The number of nitrogens with zero attached hydrogens (tertiary/aromatic N) is 1. The van der Waals surface area contributed by atoms with Gasteiger partial charge in [-0.25, -0.2) is 0 Å². The second-order valence-electron chi connectivity index (χ2n) is 5.77. The number of hydrogen-bond donors (Lipinski definition) is 1. The van der Waals surface area contributed by atoms with Crippen molar-refractivity contribution in [3.63, 3.8) is 0 Å². The lowest BCUT2D eigenvalue weighted by Gasteiger charge is -2.31. The molecule has 5 nitrogen and oxygen atoms in total. The Morgan fingerprint density at radius 2 is 1.90 bits per heavy atom. The Bertz CT molecular complexity index is 331. The van der Waals surface area contributed by atoms with E-state index in [1.807, 2.05) is 13.8 Å². The summed E-state index contributed by atoms with van der Waals surface area (Å²) in [6.07, 6.45) is 4.98. The summed E-state index contributed by atoms with van der Waals surface area (Å²) in [7, 11) is 0. The van der Waals surface area contributed by atoms with Gasteiger partial charge in [0.2, 0.25) is 5.91 Å². The number of nitrogens with two attached hydrogens (primary N) is 1. The summed E-state index contributed by atoms with van der Waals surface area (Å²) < 4.78 is 4.95. The molecule has 2 unspecified atom stereocenters. The van der Waals surface area contributed by atoms with Gasteiger partial charge in [-0.2, -0.15) is 0 Å². The standard InChI is InChI=1S/C15H28N2O3/c1-4-20-14(18)10-17(11(2)3)15(19)12-8-6-5-7-9-13(12)16/h11-13H,4-10,16H2,1-3H3. The average molecular weight is 284 g/mol. The fraction of sp³-hybridized carbons (Fsp3) is 0.867. The minimum Gasteiger partial charge on any atom is -0.465 e. The summed E-state index contributed by atoms with van der Waals surface area (Å²) in [5.74, 6) is -0.506. The zero-order valence-electron chi connectivity index (χ0n) is 12.9. The van der Waals surface area contributed by atoms with Gasteiger partial charge in [0.25, 0.3) is 0 Å². The molecule has 1 aliphatic carbocycles. The van der Waals surface area contributed by atoms with Crippen molar-refractivity contribution in [2.24, 2.45) is 11.7 Å². The van der Waals surface area contributed by atoms with E-state index < -0.39 is 0 Å². The molecule has 5 heteroatoms. The van der Waals surface area contributed by atoms with Crippen LogP contribution < -0.4 is 5.73 Å². The molecular weight excluding hydrogens is 256 g/mol. The third-order valence-electron chi connectivity index (χ3n) is 3.90. The molecule has 1 aliphatic rings. The molecular formula is C15H28N2O3. The first-order valence-corrected chi connectivity index (χ1v) is 7.69. The Morgan fingerprint density at radius 1 is 1.25 bits per heavy atom. The van der Waals surface area contributed by atoms with E-state index in [0.717, 1.165) is 32.1 Å². The second kappa shape index (κ2) is 8.25. The molecule has 0 aromatic carbocycles. The highest BCUT2D eigenvalue weighted by Gasteiger charge is 2.32. The van der Waals surface area contributed by atoms with Gasteiger partial charge in [0, 0.05) is 12.1 Å². The third kappa shape index (κ3) is 4.78. The largest absolute Gasteiger partial charge is 0.465 e. The SMILES string of the molecule is CCOC(=O)CN(C(=O)C1CCCCCC1N)C(C)C. The Balaban J connectivity index is 2.73. The normalized spacial score (nSPS) is 23.2. The van der Waals surface area contributed by atoms with Crippen LogP contribution in [0.25, 0.3) is 0 Å². The fourth-order valence-electron chi connectivity index (χ4n) is 2.72. The first-order chi connectivity index (χ1) is 9.47. The lowest BCUT2D eigenvalue weighted by atomic mass is 9.93. The van der Waals surface area contributed by atoms with Crippen LogP contribution in [0.2, 0.25) is 0 Å². The summed E-state index contributed by atoms with van der Waals surface area (Å²) in [6.45, 7) is 5.95. The number of hydrogen-bond acceptors (Lipinski definition) is 4. The number of ether oxygens (including phenoxy) is 1. The predicted octanol–water partition coefficient (Wildman–Crippen LogP) is 1.69. The van der Waals surface area contributed by atoms with E-state index in [1.165, 1.54) is 0 Å². The molecule has 0 aromatic heterocycles. The maximum Gasteiger partial charge on any atom is 0.325 e. The Labute approximate surface area is 121 Å². The first-order valence-electron chi connectivity index (χ1n) is 7.69. The van der Waals surface area contributed by atoms with Gasteiger partial charge in [-0.1, -0.05) is 19.3 Å². The molecule has 20 heavy (non-hydrogen) atoms. The van der Waals surface area contributed by atoms with Crippen LogP contribution in [0, 0.1) is 5.92 Å². The quantitative estimate of drug-likeness (QED) is 0.616. The van der Waals surface area contributed by atoms with E-state index in [2.05, 4.69) is 0 Å². The predicted molar refractivity (Wildman–Crippen MR) is 78.0 cm³/mol. The van der Waals surface area contributed by atoms with E-state index in [1.54, 1.807) is 11.8 Å². The molecule has 0 aromatic rings. The molecule has 1 rings (SSSR count). The highest BCUT2D eigenvalue weighted by Crippen LogP contribution is 2.24.